The third-order valence-electron chi connectivity index (χ3n) is 7.46. The highest BCUT2D eigenvalue weighted by Crippen LogP contribution is 2.29. The average Bonchev–Trinajstić information content (AvgIpc) is 3.27. The van der Waals surface area contributed by atoms with Crippen LogP contribution in [0.3, 0.4) is 0 Å². The molecule has 4 heterocycles. The number of primary amides is 1. The van der Waals surface area contributed by atoms with Crippen molar-refractivity contribution in [3.05, 3.63) is 53.6 Å². The van der Waals surface area contributed by atoms with Crippen LogP contribution in [0.1, 0.15) is 24.2 Å². The maximum atomic E-state index is 14.0. The van der Waals surface area contributed by atoms with Crippen LogP contribution < -0.4 is 10.6 Å². The van der Waals surface area contributed by atoms with Gasteiger partial charge in [0.1, 0.15) is 11.6 Å². The number of nitrogens with zero attached hydrogens (tertiary/aromatic N) is 7. The van der Waals surface area contributed by atoms with E-state index in [1.54, 1.807) is 10.6 Å². The normalized spacial score (nSPS) is 19.3. The highest BCUT2D eigenvalue weighted by Gasteiger charge is 2.32. The molecular weight excluding hydrogens is 447 g/mol. The third-order valence-corrected chi connectivity index (χ3v) is 7.46. The number of piperidine rings is 1. The van der Waals surface area contributed by atoms with Gasteiger partial charge in [-0.15, -0.1) is 15.3 Å². The SMILES string of the molecule is CN1CCN(c2ccc3nnc(CC(C(N)=O)C4CCN(Cc5ccccc5F)CC4)n3n2)CC1. The summed E-state index contributed by atoms with van der Waals surface area (Å²) in [5.74, 6) is 0.873. The summed E-state index contributed by atoms with van der Waals surface area (Å²) in [4.78, 5) is 19.3. The maximum Gasteiger partial charge on any atom is 0.221 e. The first-order chi connectivity index (χ1) is 17.0. The van der Waals surface area contributed by atoms with Crippen LogP contribution in [0.25, 0.3) is 5.65 Å². The van der Waals surface area contributed by atoms with Crippen LogP contribution in [-0.4, -0.2) is 81.8 Å². The Bertz CT molecular complexity index is 1170. The zero-order valence-corrected chi connectivity index (χ0v) is 20.2. The Hall–Kier alpha value is -3.11. The van der Waals surface area contributed by atoms with Crippen molar-refractivity contribution in [2.24, 2.45) is 17.6 Å². The number of likely N-dealkylation sites (tertiary alicyclic amines) is 1. The van der Waals surface area contributed by atoms with Gasteiger partial charge in [0.25, 0.3) is 0 Å². The summed E-state index contributed by atoms with van der Waals surface area (Å²) in [6.07, 6.45) is 2.07. The Morgan fingerprint density at radius 2 is 1.80 bits per heavy atom. The van der Waals surface area contributed by atoms with Crippen LogP contribution in [0, 0.1) is 17.7 Å². The molecule has 0 radical (unpaired) electrons. The molecule has 35 heavy (non-hydrogen) atoms. The van der Waals surface area contributed by atoms with Gasteiger partial charge in [-0.3, -0.25) is 9.69 Å². The minimum absolute atomic E-state index is 0.150. The maximum absolute atomic E-state index is 14.0. The molecule has 1 unspecified atom stereocenters. The van der Waals surface area contributed by atoms with Crippen molar-refractivity contribution in [1.29, 1.82) is 0 Å². The van der Waals surface area contributed by atoms with E-state index in [1.807, 2.05) is 24.3 Å². The lowest BCUT2D eigenvalue weighted by Crippen LogP contribution is -2.45. The first-order valence-electron chi connectivity index (χ1n) is 12.4. The monoisotopic (exact) mass is 480 g/mol. The molecule has 9 nitrogen and oxygen atoms in total. The predicted octanol–water partition coefficient (Wildman–Crippen LogP) is 1.57. The van der Waals surface area contributed by atoms with Gasteiger partial charge >= 0.3 is 0 Å². The minimum Gasteiger partial charge on any atom is -0.369 e. The minimum atomic E-state index is -0.341. The third kappa shape index (κ3) is 5.28. The lowest BCUT2D eigenvalue weighted by molar-refractivity contribution is -0.124. The van der Waals surface area contributed by atoms with Gasteiger partial charge in [0.15, 0.2) is 11.5 Å². The number of aromatic nitrogens is 4. The Morgan fingerprint density at radius 3 is 2.51 bits per heavy atom. The predicted molar refractivity (Wildman–Crippen MR) is 131 cm³/mol. The van der Waals surface area contributed by atoms with Crippen LogP contribution in [0.4, 0.5) is 10.2 Å². The van der Waals surface area contributed by atoms with E-state index in [-0.39, 0.29) is 23.6 Å². The van der Waals surface area contributed by atoms with Crippen molar-refractivity contribution >= 4 is 17.4 Å². The Kier molecular flexibility index (Phi) is 6.92. The van der Waals surface area contributed by atoms with Gasteiger partial charge in [0.05, 0.1) is 0 Å². The lowest BCUT2D eigenvalue weighted by atomic mass is 9.81. The lowest BCUT2D eigenvalue weighted by Gasteiger charge is -2.35. The summed E-state index contributed by atoms with van der Waals surface area (Å²) in [5, 5.41) is 13.4. The molecule has 0 spiro atoms. The summed E-state index contributed by atoms with van der Waals surface area (Å²) >= 11 is 0. The fourth-order valence-corrected chi connectivity index (χ4v) is 5.23. The Labute approximate surface area is 204 Å². The van der Waals surface area contributed by atoms with E-state index in [9.17, 15) is 9.18 Å². The van der Waals surface area contributed by atoms with Crippen molar-refractivity contribution in [2.75, 3.05) is 51.2 Å². The number of carbonyl (C=O) groups excluding carboxylic acids is 1. The number of benzene rings is 1. The largest absolute Gasteiger partial charge is 0.369 e. The number of carbonyl (C=O) groups is 1. The molecule has 2 N–H and O–H groups in total. The molecule has 0 aliphatic carbocycles. The summed E-state index contributed by atoms with van der Waals surface area (Å²) in [6.45, 7) is 6.00. The second-order valence-corrected chi connectivity index (χ2v) is 9.79. The first-order valence-corrected chi connectivity index (χ1v) is 12.4. The summed E-state index contributed by atoms with van der Waals surface area (Å²) in [5.41, 5.74) is 7.24. The highest BCUT2D eigenvalue weighted by atomic mass is 19.1. The summed E-state index contributed by atoms with van der Waals surface area (Å²) < 4.78 is 15.8. The molecule has 1 atom stereocenters. The quantitative estimate of drug-likeness (QED) is 0.548. The molecule has 0 saturated carbocycles. The van der Waals surface area contributed by atoms with Crippen LogP contribution in [0.15, 0.2) is 36.4 Å². The highest BCUT2D eigenvalue weighted by molar-refractivity contribution is 5.77. The number of anilines is 1. The number of fused-ring (bicyclic) bond motifs is 1. The second-order valence-electron chi connectivity index (χ2n) is 9.79. The zero-order valence-electron chi connectivity index (χ0n) is 20.2. The van der Waals surface area contributed by atoms with Crippen LogP contribution in [0.2, 0.25) is 0 Å². The zero-order chi connectivity index (χ0) is 24.4. The van der Waals surface area contributed by atoms with E-state index in [2.05, 4.69) is 31.9 Å². The van der Waals surface area contributed by atoms with Gasteiger partial charge in [-0.1, -0.05) is 18.2 Å². The van der Waals surface area contributed by atoms with Gasteiger partial charge in [-0.25, -0.2) is 4.39 Å². The van der Waals surface area contributed by atoms with E-state index in [4.69, 9.17) is 10.8 Å². The summed E-state index contributed by atoms with van der Waals surface area (Å²) in [6, 6.07) is 10.8. The number of halogens is 1. The molecule has 1 amide bonds. The van der Waals surface area contributed by atoms with Gasteiger partial charge < -0.3 is 15.5 Å². The number of hydrogen-bond acceptors (Lipinski definition) is 7. The standard InChI is InChI=1S/C25H33FN8O/c1-31-12-14-33(15-13-31)23-7-6-22-28-29-24(34(22)30-23)16-20(25(27)35)18-8-10-32(11-9-18)17-19-4-2-3-5-21(19)26/h2-7,18,20H,8-17H2,1H3,(H2,27,35). The molecule has 3 aromatic rings. The molecule has 2 saturated heterocycles. The molecular formula is C25H33FN8O. The molecule has 2 aliphatic rings. The van der Waals surface area contributed by atoms with Gasteiger partial charge in [0, 0.05) is 50.6 Å². The first kappa shape index (κ1) is 23.6. The number of hydrogen-bond donors (Lipinski definition) is 1. The van der Waals surface area contributed by atoms with Crippen LogP contribution in [0.5, 0.6) is 0 Å². The number of likely N-dealkylation sites (N-methyl/N-ethyl adjacent to an activating group) is 1. The number of nitrogens with two attached hydrogens (primary N) is 1. The number of rotatable bonds is 7. The topological polar surface area (TPSA) is 95.9 Å². The molecule has 2 aliphatic heterocycles. The molecule has 10 heteroatoms. The van der Waals surface area contributed by atoms with Crippen LogP contribution >= 0.6 is 0 Å². The van der Waals surface area contributed by atoms with E-state index in [1.165, 1.54) is 6.07 Å². The number of amides is 1. The van der Waals surface area contributed by atoms with Gasteiger partial charge in [-0.2, -0.15) is 4.52 Å². The smallest absolute Gasteiger partial charge is 0.221 e. The molecule has 5 rings (SSSR count). The second kappa shape index (κ2) is 10.2. The van der Waals surface area contributed by atoms with Gasteiger partial charge in [-0.05, 0) is 57.1 Å². The molecule has 0 bridgehead atoms. The Morgan fingerprint density at radius 1 is 1.06 bits per heavy atom. The fraction of sp³-hybridized carbons (Fsp3) is 0.520. The van der Waals surface area contributed by atoms with Crippen molar-refractivity contribution < 1.29 is 9.18 Å². The average molecular weight is 481 g/mol. The van der Waals surface area contributed by atoms with E-state index >= 15 is 0 Å². The van der Waals surface area contributed by atoms with Crippen molar-refractivity contribution in [1.82, 2.24) is 29.6 Å². The van der Waals surface area contributed by atoms with Crippen molar-refractivity contribution in [3.8, 4) is 0 Å². The molecule has 186 valence electrons. The van der Waals surface area contributed by atoms with E-state index in [0.717, 1.165) is 57.9 Å². The van der Waals surface area contributed by atoms with Crippen molar-refractivity contribution in [3.63, 3.8) is 0 Å². The Balaban J connectivity index is 1.26. The van der Waals surface area contributed by atoms with Crippen molar-refractivity contribution in [2.45, 2.75) is 25.8 Å². The fourth-order valence-electron chi connectivity index (χ4n) is 5.23. The van der Waals surface area contributed by atoms with Crippen LogP contribution in [-0.2, 0) is 17.8 Å². The van der Waals surface area contributed by atoms with E-state index < -0.39 is 0 Å². The molecule has 2 aromatic heterocycles. The van der Waals surface area contributed by atoms with Gasteiger partial charge in [0.2, 0.25) is 5.91 Å². The van der Waals surface area contributed by atoms with E-state index in [0.29, 0.717) is 30.0 Å². The summed E-state index contributed by atoms with van der Waals surface area (Å²) in [7, 11) is 2.13. The number of piperazine rings is 1. The molecule has 2 fully saturated rings. The molecule has 1 aromatic carbocycles.